The Morgan fingerprint density at radius 3 is 2.81 bits per heavy atom. The normalized spacial score (nSPS) is 15.1. The summed E-state index contributed by atoms with van der Waals surface area (Å²) in [5, 5.41) is 2.71. The van der Waals surface area contributed by atoms with E-state index in [-0.39, 0.29) is 35.9 Å². The lowest BCUT2D eigenvalue weighted by Crippen LogP contribution is -2.34. The van der Waals surface area contributed by atoms with Crippen molar-refractivity contribution >= 4 is 27.5 Å². The molecule has 27 heavy (non-hydrogen) atoms. The van der Waals surface area contributed by atoms with Gasteiger partial charge in [-0.25, -0.2) is 17.7 Å². The second kappa shape index (κ2) is 6.47. The van der Waals surface area contributed by atoms with Gasteiger partial charge in [0, 0.05) is 25.4 Å². The largest absolute Gasteiger partial charge is 0.350 e. The third-order valence-corrected chi connectivity index (χ3v) is 6.16. The minimum Gasteiger partial charge on any atom is -0.350 e. The Morgan fingerprint density at radius 1 is 1.19 bits per heavy atom. The predicted octanol–water partition coefficient (Wildman–Crippen LogP) is 0.580. The van der Waals surface area contributed by atoms with Crippen LogP contribution in [0.2, 0.25) is 0 Å². The summed E-state index contributed by atoms with van der Waals surface area (Å²) in [5.74, 6) is -0.967. The number of benzene rings is 1. The highest BCUT2D eigenvalue weighted by atomic mass is 32.2. The fourth-order valence-electron chi connectivity index (χ4n) is 2.96. The number of amides is 2. The third-order valence-electron chi connectivity index (χ3n) is 4.31. The Labute approximate surface area is 154 Å². The minimum atomic E-state index is -3.90. The van der Waals surface area contributed by atoms with Gasteiger partial charge in [0.15, 0.2) is 5.65 Å². The molecule has 0 saturated carbocycles. The van der Waals surface area contributed by atoms with Gasteiger partial charge in [-0.2, -0.15) is 0 Å². The van der Waals surface area contributed by atoms with Crippen molar-refractivity contribution in [3.63, 3.8) is 0 Å². The van der Waals surface area contributed by atoms with E-state index in [1.807, 2.05) is 0 Å². The van der Waals surface area contributed by atoms with E-state index in [1.165, 1.54) is 12.1 Å². The third kappa shape index (κ3) is 2.93. The predicted molar refractivity (Wildman–Crippen MR) is 94.1 cm³/mol. The summed E-state index contributed by atoms with van der Waals surface area (Å²) < 4.78 is 27.4. The molecule has 3 heterocycles. The van der Waals surface area contributed by atoms with Crippen LogP contribution in [0.15, 0.2) is 53.9 Å². The molecule has 0 aliphatic carbocycles. The molecule has 10 heteroatoms. The maximum absolute atomic E-state index is 12.5. The first-order valence-corrected chi connectivity index (χ1v) is 9.61. The number of hydrogen-bond donors (Lipinski definition) is 1. The number of nitrogens with zero attached hydrogens (tertiary/aromatic N) is 4. The van der Waals surface area contributed by atoms with Gasteiger partial charge < -0.3 is 5.32 Å². The molecular weight excluding hydrogens is 370 g/mol. The van der Waals surface area contributed by atoms with Gasteiger partial charge in [-0.1, -0.05) is 12.1 Å². The second-order valence-corrected chi connectivity index (χ2v) is 7.79. The summed E-state index contributed by atoms with van der Waals surface area (Å²) in [6.45, 7) is 0.0175. The number of fused-ring (bicyclic) bond motifs is 2. The fraction of sp³-hybridized carbons (Fsp3) is 0.176. The molecule has 1 aromatic carbocycles. The molecule has 1 N–H and O–H groups in total. The summed E-state index contributed by atoms with van der Waals surface area (Å²) >= 11 is 0. The highest BCUT2D eigenvalue weighted by Gasteiger charge is 2.40. The zero-order chi connectivity index (χ0) is 19.0. The molecule has 0 radical (unpaired) electrons. The van der Waals surface area contributed by atoms with Gasteiger partial charge in [0.25, 0.3) is 15.9 Å². The van der Waals surface area contributed by atoms with Crippen molar-refractivity contribution in [3.05, 3.63) is 60.3 Å². The maximum Gasteiger partial charge on any atom is 0.269 e. The van der Waals surface area contributed by atoms with Crippen LogP contribution >= 0.6 is 0 Å². The van der Waals surface area contributed by atoms with Crippen LogP contribution in [0, 0.1) is 0 Å². The Hall–Kier alpha value is -3.27. The lowest BCUT2D eigenvalue weighted by molar-refractivity contribution is -0.121. The Bertz CT molecular complexity index is 1150. The molecule has 0 fully saturated rings. The lowest BCUT2D eigenvalue weighted by atomic mass is 10.2. The number of aromatic nitrogens is 3. The summed E-state index contributed by atoms with van der Waals surface area (Å²) in [7, 11) is -3.90. The number of rotatable bonds is 5. The van der Waals surface area contributed by atoms with Crippen molar-refractivity contribution in [3.8, 4) is 0 Å². The first-order chi connectivity index (χ1) is 13.0. The molecule has 138 valence electrons. The molecule has 2 amide bonds. The van der Waals surface area contributed by atoms with Gasteiger partial charge in [0.05, 0.1) is 30.2 Å². The number of hydrogen-bond acceptors (Lipinski definition) is 6. The van der Waals surface area contributed by atoms with Gasteiger partial charge in [0.1, 0.15) is 4.90 Å². The van der Waals surface area contributed by atoms with Crippen LogP contribution in [0.3, 0.4) is 0 Å². The van der Waals surface area contributed by atoms with Gasteiger partial charge in [-0.15, -0.1) is 0 Å². The average molecular weight is 385 g/mol. The zero-order valence-corrected chi connectivity index (χ0v) is 14.9. The van der Waals surface area contributed by atoms with Crippen molar-refractivity contribution < 1.29 is 18.0 Å². The number of nitrogens with one attached hydrogen (secondary N) is 1. The van der Waals surface area contributed by atoms with Crippen molar-refractivity contribution in [2.24, 2.45) is 0 Å². The van der Waals surface area contributed by atoms with Crippen LogP contribution in [0.5, 0.6) is 0 Å². The first-order valence-electron chi connectivity index (χ1n) is 8.17. The molecule has 0 spiro atoms. The molecule has 0 bridgehead atoms. The van der Waals surface area contributed by atoms with E-state index in [0.29, 0.717) is 5.65 Å². The summed E-state index contributed by atoms with van der Waals surface area (Å²) in [6, 6.07) is 6.02. The smallest absolute Gasteiger partial charge is 0.269 e. The van der Waals surface area contributed by atoms with Gasteiger partial charge in [-0.3, -0.25) is 19.0 Å². The monoisotopic (exact) mass is 385 g/mol. The summed E-state index contributed by atoms with van der Waals surface area (Å²) in [6.07, 6.45) is 6.45. The van der Waals surface area contributed by atoms with E-state index in [1.54, 1.807) is 41.3 Å². The quantitative estimate of drug-likeness (QED) is 0.687. The Kier molecular flexibility index (Phi) is 4.11. The molecular formula is C17H15N5O4S. The van der Waals surface area contributed by atoms with E-state index in [4.69, 9.17) is 0 Å². The summed E-state index contributed by atoms with van der Waals surface area (Å²) in [5.41, 5.74) is 1.56. The first kappa shape index (κ1) is 17.2. The van der Waals surface area contributed by atoms with Crippen molar-refractivity contribution in [1.29, 1.82) is 0 Å². The van der Waals surface area contributed by atoms with Gasteiger partial charge in [-0.05, 0) is 12.1 Å². The lowest BCUT2D eigenvalue weighted by Gasteiger charge is -2.14. The van der Waals surface area contributed by atoms with Crippen LogP contribution in [0.4, 0.5) is 0 Å². The highest BCUT2D eigenvalue weighted by Crippen LogP contribution is 2.29. The molecule has 9 nitrogen and oxygen atoms in total. The Balaban J connectivity index is 1.39. The molecule has 1 aliphatic heterocycles. The number of carbonyl (C=O) groups is 2. The zero-order valence-electron chi connectivity index (χ0n) is 14.1. The van der Waals surface area contributed by atoms with Crippen LogP contribution < -0.4 is 5.32 Å². The van der Waals surface area contributed by atoms with Crippen molar-refractivity contribution in [2.75, 3.05) is 6.54 Å². The van der Waals surface area contributed by atoms with E-state index in [9.17, 15) is 18.0 Å². The van der Waals surface area contributed by atoms with Gasteiger partial charge >= 0.3 is 0 Å². The number of carbonyl (C=O) groups excluding carboxylic acids is 2. The SMILES string of the molecule is O=C(CCN1C(=O)c2ccccc2S1(=O)=O)NCc1cnc2cnccn12. The number of sulfonamides is 1. The molecule has 2 aromatic heterocycles. The van der Waals surface area contributed by atoms with Crippen LogP contribution in [0.25, 0.3) is 5.65 Å². The van der Waals surface area contributed by atoms with E-state index >= 15 is 0 Å². The molecule has 4 rings (SSSR count). The maximum atomic E-state index is 12.5. The van der Waals surface area contributed by atoms with E-state index < -0.39 is 15.9 Å². The molecule has 0 atom stereocenters. The van der Waals surface area contributed by atoms with Crippen molar-refractivity contribution in [2.45, 2.75) is 17.9 Å². The van der Waals surface area contributed by atoms with E-state index in [2.05, 4.69) is 15.3 Å². The number of imidazole rings is 1. The van der Waals surface area contributed by atoms with E-state index in [0.717, 1.165) is 10.00 Å². The average Bonchev–Trinajstić information content (AvgIpc) is 3.16. The minimum absolute atomic E-state index is 0.0188. The molecule has 3 aromatic rings. The highest BCUT2D eigenvalue weighted by molar-refractivity contribution is 7.90. The molecule has 0 unspecified atom stereocenters. The van der Waals surface area contributed by atoms with Crippen LogP contribution in [-0.4, -0.2) is 45.5 Å². The standard InChI is InChI=1S/C17H15N5O4S/c23-16(20-10-12-9-19-15-11-18-6-8-21(12)15)5-7-22-17(24)13-3-1-2-4-14(13)27(22,25)26/h1-4,6,8-9,11H,5,7,10H2,(H,20,23). The fourth-order valence-corrected chi connectivity index (χ4v) is 4.53. The Morgan fingerprint density at radius 2 is 2.00 bits per heavy atom. The summed E-state index contributed by atoms with van der Waals surface area (Å²) in [4.78, 5) is 32.6. The van der Waals surface area contributed by atoms with Gasteiger partial charge in [0.2, 0.25) is 5.91 Å². The second-order valence-electron chi connectivity index (χ2n) is 5.96. The topological polar surface area (TPSA) is 114 Å². The van der Waals surface area contributed by atoms with Crippen LogP contribution in [0.1, 0.15) is 22.5 Å². The molecule has 1 aliphatic rings. The molecule has 0 saturated heterocycles. The van der Waals surface area contributed by atoms with Crippen molar-refractivity contribution in [1.82, 2.24) is 24.0 Å². The van der Waals surface area contributed by atoms with Crippen LogP contribution in [-0.2, 0) is 21.4 Å².